The van der Waals surface area contributed by atoms with Crippen molar-refractivity contribution < 1.29 is 5.11 Å². The smallest absolute Gasteiger partial charge is 0.134 e. The summed E-state index contributed by atoms with van der Waals surface area (Å²) >= 11 is 0. The summed E-state index contributed by atoms with van der Waals surface area (Å²) in [6.07, 6.45) is 2.95. The number of hydrogen-bond acceptors (Lipinski definition) is 3. The summed E-state index contributed by atoms with van der Waals surface area (Å²) < 4.78 is 0. The van der Waals surface area contributed by atoms with Gasteiger partial charge in [-0.3, -0.25) is 9.98 Å². The number of nitrogens with zero attached hydrogens (tertiary/aromatic N) is 2. The van der Waals surface area contributed by atoms with Crippen LogP contribution in [0, 0.1) is 0 Å². The molecule has 3 heteroatoms. The first-order valence-electron chi connectivity index (χ1n) is 1.93. The number of aliphatic hydroxyl groups excluding tert-OH is 1. The maximum Gasteiger partial charge on any atom is 0.134 e. The van der Waals surface area contributed by atoms with E-state index in [2.05, 4.69) is 9.98 Å². The molecule has 0 aromatic heterocycles. The van der Waals surface area contributed by atoms with Gasteiger partial charge in [0.25, 0.3) is 0 Å². The number of rotatable bonds is 2. The Morgan fingerprint density at radius 1 is 1.57 bits per heavy atom. The lowest BCUT2D eigenvalue weighted by atomic mass is 10.8. The minimum atomic E-state index is -0.161. The van der Waals surface area contributed by atoms with Gasteiger partial charge < -0.3 is 5.11 Å². The minimum absolute atomic E-state index is 0.161. The van der Waals surface area contributed by atoms with Gasteiger partial charge in [0.2, 0.25) is 0 Å². The molecule has 0 unspecified atom stereocenters. The van der Waals surface area contributed by atoms with Gasteiger partial charge >= 0.3 is 0 Å². The first kappa shape index (κ1) is 6.30. The zero-order chi connectivity index (χ0) is 5.54. The Morgan fingerprint density at radius 2 is 2.29 bits per heavy atom. The van der Waals surface area contributed by atoms with E-state index in [0.717, 1.165) is 0 Å². The van der Waals surface area contributed by atoms with E-state index in [0.29, 0.717) is 0 Å². The summed E-state index contributed by atoms with van der Waals surface area (Å²) in [4.78, 5) is 7.03. The maximum absolute atomic E-state index is 8.03. The van der Waals surface area contributed by atoms with Crippen LogP contribution in [0.5, 0.6) is 0 Å². The molecule has 40 valence electrons. The summed E-state index contributed by atoms with van der Waals surface area (Å²) in [5.41, 5.74) is 0. The van der Waals surface area contributed by atoms with Crippen molar-refractivity contribution >= 4 is 12.4 Å². The van der Waals surface area contributed by atoms with Crippen LogP contribution in [0.25, 0.3) is 0 Å². The second-order valence-corrected chi connectivity index (χ2v) is 0.880. The first-order chi connectivity index (χ1) is 3.41. The molecule has 0 aromatic rings. The van der Waals surface area contributed by atoms with Crippen molar-refractivity contribution in [2.45, 2.75) is 0 Å². The molecule has 0 saturated heterocycles. The van der Waals surface area contributed by atoms with Gasteiger partial charge in [-0.2, -0.15) is 0 Å². The fraction of sp³-hybridized carbons (Fsp3) is 0.500. The minimum Gasteiger partial charge on any atom is -0.375 e. The number of hydrogen-bond donors (Lipinski definition) is 1. The monoisotopic (exact) mass is 100 g/mol. The summed E-state index contributed by atoms with van der Waals surface area (Å²) in [5, 5.41) is 8.03. The maximum atomic E-state index is 8.03. The Bertz CT molecular complexity index is 77.8. The fourth-order valence-corrected chi connectivity index (χ4v) is 0.161. The van der Waals surface area contributed by atoms with Crippen LogP contribution in [-0.2, 0) is 0 Å². The highest BCUT2D eigenvalue weighted by Crippen LogP contribution is 1.54. The molecule has 1 N–H and O–H groups in total. The predicted octanol–water partition coefficient (Wildman–Crippen LogP) is -0.292. The highest BCUT2D eigenvalue weighted by Gasteiger charge is 1.58. The topological polar surface area (TPSA) is 45.0 Å². The van der Waals surface area contributed by atoms with Crippen molar-refractivity contribution in [3.8, 4) is 0 Å². The third-order valence-electron chi connectivity index (χ3n) is 0.403. The highest BCUT2D eigenvalue weighted by atomic mass is 16.3. The van der Waals surface area contributed by atoms with E-state index in [-0.39, 0.29) is 6.73 Å². The lowest BCUT2D eigenvalue weighted by molar-refractivity contribution is 0.310. The molecule has 0 aliphatic carbocycles. The van der Waals surface area contributed by atoms with Crippen LogP contribution in [0.4, 0.5) is 0 Å². The van der Waals surface area contributed by atoms with E-state index in [1.165, 1.54) is 12.4 Å². The van der Waals surface area contributed by atoms with Crippen LogP contribution >= 0.6 is 0 Å². The van der Waals surface area contributed by atoms with Crippen molar-refractivity contribution in [2.75, 3.05) is 13.8 Å². The van der Waals surface area contributed by atoms with Crippen molar-refractivity contribution in [1.82, 2.24) is 0 Å². The molecule has 0 radical (unpaired) electrons. The van der Waals surface area contributed by atoms with Gasteiger partial charge in [0.15, 0.2) is 0 Å². The zero-order valence-electron chi connectivity index (χ0n) is 4.20. The lowest BCUT2D eigenvalue weighted by Crippen LogP contribution is -1.77. The molecule has 0 fully saturated rings. The van der Waals surface area contributed by atoms with Crippen molar-refractivity contribution in [1.29, 1.82) is 0 Å². The SMILES string of the molecule is C/N=C\C=N/CO. The number of aliphatic imine (C=N–C) groups is 2. The third kappa shape index (κ3) is 5.30. The van der Waals surface area contributed by atoms with E-state index in [1.54, 1.807) is 7.05 Å². The van der Waals surface area contributed by atoms with Crippen molar-refractivity contribution in [3.05, 3.63) is 0 Å². The largest absolute Gasteiger partial charge is 0.375 e. The fourth-order valence-electron chi connectivity index (χ4n) is 0.161. The molecule has 0 atom stereocenters. The molecular formula is C4H8N2O. The quantitative estimate of drug-likeness (QED) is 0.476. The summed E-state index contributed by atoms with van der Waals surface area (Å²) in [6, 6.07) is 0. The van der Waals surface area contributed by atoms with E-state index < -0.39 is 0 Å². The molecule has 0 bridgehead atoms. The second-order valence-electron chi connectivity index (χ2n) is 0.880. The predicted molar refractivity (Wildman–Crippen MR) is 30.0 cm³/mol. The summed E-state index contributed by atoms with van der Waals surface area (Å²) in [6.45, 7) is -0.161. The molecular weight excluding hydrogens is 92.1 g/mol. The molecule has 7 heavy (non-hydrogen) atoms. The highest BCUT2D eigenvalue weighted by molar-refractivity contribution is 6.15. The molecule has 0 aliphatic rings. The molecule has 0 rings (SSSR count). The Balaban J connectivity index is 3.09. The van der Waals surface area contributed by atoms with Crippen molar-refractivity contribution in [3.63, 3.8) is 0 Å². The van der Waals surface area contributed by atoms with E-state index in [1.807, 2.05) is 0 Å². The van der Waals surface area contributed by atoms with Crippen LogP contribution in [0.2, 0.25) is 0 Å². The molecule has 0 heterocycles. The summed E-state index contributed by atoms with van der Waals surface area (Å²) in [5.74, 6) is 0. The Morgan fingerprint density at radius 3 is 2.71 bits per heavy atom. The third-order valence-corrected chi connectivity index (χ3v) is 0.403. The molecule has 0 aliphatic heterocycles. The normalized spacial score (nSPS) is 11.7. The van der Waals surface area contributed by atoms with Gasteiger partial charge in [-0.25, -0.2) is 0 Å². The Labute approximate surface area is 42.4 Å². The molecule has 0 aromatic carbocycles. The first-order valence-corrected chi connectivity index (χ1v) is 1.93. The molecule has 0 saturated carbocycles. The van der Waals surface area contributed by atoms with Crippen LogP contribution in [0.15, 0.2) is 9.98 Å². The van der Waals surface area contributed by atoms with Gasteiger partial charge in [0.05, 0.1) is 0 Å². The van der Waals surface area contributed by atoms with Crippen LogP contribution in [-0.4, -0.2) is 31.3 Å². The van der Waals surface area contributed by atoms with E-state index in [4.69, 9.17) is 5.11 Å². The van der Waals surface area contributed by atoms with Gasteiger partial charge in [-0.1, -0.05) is 0 Å². The molecule has 0 spiro atoms. The van der Waals surface area contributed by atoms with Crippen LogP contribution < -0.4 is 0 Å². The molecule has 0 amide bonds. The number of aliphatic hydroxyl groups is 1. The second kappa shape index (κ2) is 5.30. The Hall–Kier alpha value is -0.700. The van der Waals surface area contributed by atoms with Gasteiger partial charge in [-0.05, 0) is 0 Å². The van der Waals surface area contributed by atoms with Gasteiger partial charge in [0.1, 0.15) is 6.73 Å². The van der Waals surface area contributed by atoms with Crippen LogP contribution in [0.3, 0.4) is 0 Å². The zero-order valence-corrected chi connectivity index (χ0v) is 4.20. The average molecular weight is 100 g/mol. The molecule has 3 nitrogen and oxygen atoms in total. The lowest BCUT2D eigenvalue weighted by Gasteiger charge is -1.72. The van der Waals surface area contributed by atoms with Gasteiger partial charge in [0, 0.05) is 19.5 Å². The van der Waals surface area contributed by atoms with E-state index >= 15 is 0 Å². The standard InChI is InChI=1S/C4H8N2O/c1-5-2-3-6-4-7/h2-3,7H,4H2,1H3/b5-2-,6-3-. The van der Waals surface area contributed by atoms with Crippen molar-refractivity contribution in [2.24, 2.45) is 9.98 Å². The average Bonchev–Trinajstić information content (AvgIpc) is 1.69. The van der Waals surface area contributed by atoms with E-state index in [9.17, 15) is 0 Å². The van der Waals surface area contributed by atoms with Gasteiger partial charge in [-0.15, -0.1) is 0 Å². The Kier molecular flexibility index (Phi) is 4.77. The van der Waals surface area contributed by atoms with Crippen LogP contribution in [0.1, 0.15) is 0 Å². The summed E-state index contributed by atoms with van der Waals surface area (Å²) in [7, 11) is 1.64.